The Bertz CT molecular complexity index is 260. The molecule has 0 aromatic rings. The van der Waals surface area contributed by atoms with Crippen molar-refractivity contribution in [1.82, 2.24) is 0 Å². The van der Waals surface area contributed by atoms with E-state index in [2.05, 4.69) is 18.7 Å². The van der Waals surface area contributed by atoms with Gasteiger partial charge in [0, 0.05) is 12.8 Å². The highest BCUT2D eigenvalue weighted by Crippen LogP contribution is 2.27. The molecule has 0 radical (unpaired) electrons. The summed E-state index contributed by atoms with van der Waals surface area (Å²) in [5.74, 6) is 0. The third-order valence-corrected chi connectivity index (χ3v) is 2.63. The highest BCUT2D eigenvalue weighted by Gasteiger charge is 2.37. The van der Waals surface area contributed by atoms with Crippen molar-refractivity contribution in [2.45, 2.75) is 51.0 Å². The maximum atomic E-state index is 10.9. The van der Waals surface area contributed by atoms with Crippen LogP contribution in [0.4, 0.5) is 0 Å². The zero-order valence-corrected chi connectivity index (χ0v) is 9.37. The number of rotatable bonds is 7. The van der Waals surface area contributed by atoms with Gasteiger partial charge in [-0.1, -0.05) is 31.0 Å². The molecule has 1 heterocycles. The van der Waals surface area contributed by atoms with Gasteiger partial charge in [0.25, 0.3) is 0 Å². The molecule has 1 rings (SSSR count). The number of carbonyl (C=O) groups is 1. The van der Waals surface area contributed by atoms with E-state index >= 15 is 0 Å². The summed E-state index contributed by atoms with van der Waals surface area (Å²) in [4.78, 5) is 16.2. The molecule has 1 aliphatic heterocycles. The molecular weight excluding hydrogens is 190 g/mol. The van der Waals surface area contributed by atoms with Gasteiger partial charge in [0.2, 0.25) is 5.60 Å². The number of hydrogen-bond donors (Lipinski definition) is 0. The summed E-state index contributed by atoms with van der Waals surface area (Å²) >= 11 is 0. The predicted molar refractivity (Wildman–Crippen MR) is 60.9 cm³/mol. The minimum atomic E-state index is -0.747. The maximum absolute atomic E-state index is 10.9. The number of unbranched alkanes of at least 4 members (excludes halogenated alkanes) is 2. The van der Waals surface area contributed by atoms with E-state index in [1.807, 2.05) is 0 Å². The third kappa shape index (κ3) is 3.18. The van der Waals surface area contributed by atoms with Gasteiger partial charge in [0.15, 0.2) is 6.29 Å². The highest BCUT2D eigenvalue weighted by molar-refractivity contribution is 5.90. The van der Waals surface area contributed by atoms with Crippen LogP contribution in [0.1, 0.15) is 45.4 Å². The molecule has 84 valence electrons. The van der Waals surface area contributed by atoms with Crippen molar-refractivity contribution in [2.75, 3.05) is 0 Å². The van der Waals surface area contributed by atoms with E-state index in [9.17, 15) is 4.79 Å². The van der Waals surface area contributed by atoms with Crippen molar-refractivity contribution in [2.24, 2.45) is 5.16 Å². The molecule has 3 heteroatoms. The smallest absolute Gasteiger partial charge is 0.200 e. The summed E-state index contributed by atoms with van der Waals surface area (Å²) in [6.07, 6.45) is 8.20. The largest absolute Gasteiger partial charge is 0.381 e. The number of oxime groups is 1. The van der Waals surface area contributed by atoms with E-state index < -0.39 is 5.60 Å². The Kier molecular flexibility index (Phi) is 4.53. The average molecular weight is 209 g/mol. The van der Waals surface area contributed by atoms with E-state index in [0.717, 1.165) is 24.8 Å². The van der Waals surface area contributed by atoms with Crippen LogP contribution in [0.5, 0.6) is 0 Å². The average Bonchev–Trinajstić information content (AvgIpc) is 2.64. The van der Waals surface area contributed by atoms with Gasteiger partial charge in [-0.05, 0) is 12.8 Å². The molecule has 1 unspecified atom stereocenters. The lowest BCUT2D eigenvalue weighted by Crippen LogP contribution is -2.30. The number of aldehydes is 1. The van der Waals surface area contributed by atoms with E-state index in [-0.39, 0.29) is 0 Å². The summed E-state index contributed by atoms with van der Waals surface area (Å²) in [7, 11) is 0. The van der Waals surface area contributed by atoms with Gasteiger partial charge in [0.05, 0.1) is 5.71 Å². The lowest BCUT2D eigenvalue weighted by Gasteiger charge is -2.16. The lowest BCUT2D eigenvalue weighted by atomic mass is 9.93. The zero-order valence-electron chi connectivity index (χ0n) is 9.37. The number of carbonyl (C=O) groups excluding carboxylic acids is 1. The van der Waals surface area contributed by atoms with E-state index in [1.165, 1.54) is 12.8 Å². The van der Waals surface area contributed by atoms with Crippen molar-refractivity contribution in [1.29, 1.82) is 0 Å². The fourth-order valence-electron chi connectivity index (χ4n) is 1.74. The van der Waals surface area contributed by atoms with E-state index in [1.54, 1.807) is 6.08 Å². The molecule has 0 aromatic heterocycles. The Balaban J connectivity index is 2.40. The molecule has 0 fully saturated rings. The fraction of sp³-hybridized carbons (Fsp3) is 0.667. The van der Waals surface area contributed by atoms with Crippen LogP contribution in [0.2, 0.25) is 0 Å². The minimum Gasteiger partial charge on any atom is -0.381 e. The van der Waals surface area contributed by atoms with Crippen molar-refractivity contribution in [3.05, 3.63) is 12.7 Å². The van der Waals surface area contributed by atoms with Gasteiger partial charge in [0.1, 0.15) is 0 Å². The Morgan fingerprint density at radius 1 is 1.60 bits per heavy atom. The summed E-state index contributed by atoms with van der Waals surface area (Å²) in [6.45, 7) is 5.79. The van der Waals surface area contributed by atoms with Crippen LogP contribution in [0.15, 0.2) is 17.8 Å². The highest BCUT2D eigenvalue weighted by atomic mass is 16.7. The van der Waals surface area contributed by atoms with Gasteiger partial charge >= 0.3 is 0 Å². The first-order valence-corrected chi connectivity index (χ1v) is 5.57. The van der Waals surface area contributed by atoms with Crippen LogP contribution in [-0.4, -0.2) is 17.6 Å². The standard InChI is InChI=1S/C12H19NO2/c1-3-5-6-7-11-9-12(10-14,8-4-2)15-13-11/h4,10H,2-3,5-9H2,1H3. The van der Waals surface area contributed by atoms with Gasteiger partial charge in [-0.2, -0.15) is 0 Å². The molecular formula is C12H19NO2. The third-order valence-electron chi connectivity index (χ3n) is 2.63. The van der Waals surface area contributed by atoms with Crippen molar-refractivity contribution in [3.8, 4) is 0 Å². The molecule has 1 aliphatic rings. The normalized spacial score (nSPS) is 24.5. The second-order valence-corrected chi connectivity index (χ2v) is 4.06. The number of nitrogens with zero attached hydrogens (tertiary/aromatic N) is 1. The Hall–Kier alpha value is -1.12. The summed E-state index contributed by atoms with van der Waals surface area (Å²) in [5, 5.41) is 3.99. The molecule has 0 N–H and O–H groups in total. The van der Waals surface area contributed by atoms with Crippen LogP contribution in [-0.2, 0) is 9.63 Å². The van der Waals surface area contributed by atoms with Crippen LogP contribution < -0.4 is 0 Å². The maximum Gasteiger partial charge on any atom is 0.200 e. The molecule has 0 saturated carbocycles. The first-order chi connectivity index (χ1) is 7.26. The zero-order chi connectivity index (χ0) is 11.1. The first kappa shape index (κ1) is 12.0. The SMILES string of the molecule is C=CCC1(C=O)CC(CCCCC)=NO1. The number of hydrogen-bond acceptors (Lipinski definition) is 3. The van der Waals surface area contributed by atoms with Gasteiger partial charge in [-0.25, -0.2) is 0 Å². The molecule has 0 aromatic carbocycles. The predicted octanol–water partition coefficient (Wildman–Crippen LogP) is 2.86. The summed E-state index contributed by atoms with van der Waals surface area (Å²) in [5.41, 5.74) is 0.265. The van der Waals surface area contributed by atoms with Crippen molar-refractivity contribution in [3.63, 3.8) is 0 Å². The second kappa shape index (κ2) is 5.69. The Morgan fingerprint density at radius 3 is 3.00 bits per heavy atom. The molecule has 15 heavy (non-hydrogen) atoms. The van der Waals surface area contributed by atoms with Gasteiger partial charge in [-0.3, -0.25) is 4.79 Å². The Labute approximate surface area is 91.2 Å². The molecule has 0 aliphatic carbocycles. The molecule has 0 saturated heterocycles. The molecule has 0 amide bonds. The van der Waals surface area contributed by atoms with Crippen molar-refractivity contribution < 1.29 is 9.63 Å². The second-order valence-electron chi connectivity index (χ2n) is 4.06. The monoisotopic (exact) mass is 209 g/mol. The van der Waals surface area contributed by atoms with Crippen molar-refractivity contribution >= 4 is 12.0 Å². The summed E-state index contributed by atoms with van der Waals surface area (Å²) < 4.78 is 0. The molecule has 1 atom stereocenters. The lowest BCUT2D eigenvalue weighted by molar-refractivity contribution is -0.127. The molecule has 3 nitrogen and oxygen atoms in total. The van der Waals surface area contributed by atoms with Crippen LogP contribution in [0, 0.1) is 0 Å². The Morgan fingerprint density at radius 2 is 2.40 bits per heavy atom. The quantitative estimate of drug-likeness (QED) is 0.367. The topological polar surface area (TPSA) is 38.7 Å². The van der Waals surface area contributed by atoms with Gasteiger partial charge in [-0.15, -0.1) is 6.58 Å². The van der Waals surface area contributed by atoms with E-state index in [4.69, 9.17) is 4.84 Å². The fourth-order valence-corrected chi connectivity index (χ4v) is 1.74. The first-order valence-electron chi connectivity index (χ1n) is 5.57. The van der Waals surface area contributed by atoms with Crippen LogP contribution in [0.3, 0.4) is 0 Å². The van der Waals surface area contributed by atoms with Crippen LogP contribution in [0.25, 0.3) is 0 Å². The van der Waals surface area contributed by atoms with E-state index in [0.29, 0.717) is 12.8 Å². The minimum absolute atomic E-state index is 0.539. The molecule has 0 bridgehead atoms. The van der Waals surface area contributed by atoms with Gasteiger partial charge < -0.3 is 4.84 Å². The summed E-state index contributed by atoms with van der Waals surface area (Å²) in [6, 6.07) is 0. The molecule has 0 spiro atoms. The van der Waals surface area contributed by atoms with Crippen LogP contribution >= 0.6 is 0 Å².